The number of methoxy groups -OCH3 is 2. The van der Waals surface area contributed by atoms with Gasteiger partial charge in [0.2, 0.25) is 0 Å². The molecule has 218 valence electrons. The number of hydrogen-bond acceptors (Lipinski definition) is 8. The van der Waals surface area contributed by atoms with Gasteiger partial charge in [-0.15, -0.1) is 0 Å². The number of alkyl halides is 1. The molecule has 2 aromatic carbocycles. The molecule has 2 aromatic rings. The highest BCUT2D eigenvalue weighted by Crippen LogP contribution is 2.35. The van der Waals surface area contributed by atoms with Gasteiger partial charge < -0.3 is 34.6 Å². The fourth-order valence-electron chi connectivity index (χ4n) is 3.79. The maximum Gasteiger partial charge on any atom is 0.414 e. The van der Waals surface area contributed by atoms with Crippen molar-refractivity contribution in [3.05, 3.63) is 58.6 Å². The maximum absolute atomic E-state index is 12.7. The number of carbonyl (C=O) groups excluding carboxylic acids is 1. The number of nitrogens with zero attached hydrogens (tertiary/aromatic N) is 2. The lowest BCUT2D eigenvalue weighted by Crippen LogP contribution is -2.46. The lowest BCUT2D eigenvalue weighted by atomic mass is 10.1. The van der Waals surface area contributed by atoms with Gasteiger partial charge in [0.25, 0.3) is 5.91 Å². The summed E-state index contributed by atoms with van der Waals surface area (Å²) in [5, 5.41) is 17.6. The number of anilines is 1. The Morgan fingerprint density at radius 2 is 1.65 bits per heavy atom. The standard InChI is InChI=1S/C25H31BrFN3O4.C2H2O4/c1-32-22-8-4-3-7-21(22)30-14-12-29(13-15-30)11-6-5-10-28-25(31)20-17-19(26)18-23(33-2)24(20)34-16-9-27;3-1(4)2(5)6/h3-8,17-18H,9-16H2,1-2H3,(H,28,31);(H,3,4)(H,5,6)/b6-5+;. The number of ether oxygens (including phenoxy) is 3. The Balaban J connectivity index is 0.000000840. The van der Waals surface area contributed by atoms with Gasteiger partial charge in [-0.1, -0.05) is 40.2 Å². The van der Waals surface area contributed by atoms with E-state index in [9.17, 15) is 9.18 Å². The van der Waals surface area contributed by atoms with Crippen molar-refractivity contribution in [1.29, 1.82) is 0 Å². The molecule has 3 rings (SSSR count). The van der Waals surface area contributed by atoms with Crippen LogP contribution < -0.4 is 24.4 Å². The number of piperazine rings is 1. The van der Waals surface area contributed by atoms with Crippen molar-refractivity contribution in [2.24, 2.45) is 0 Å². The van der Waals surface area contributed by atoms with Crippen molar-refractivity contribution < 1.29 is 43.2 Å². The number of rotatable bonds is 11. The van der Waals surface area contributed by atoms with E-state index in [1.165, 1.54) is 7.11 Å². The summed E-state index contributed by atoms with van der Waals surface area (Å²) >= 11 is 3.37. The smallest absolute Gasteiger partial charge is 0.414 e. The molecule has 1 saturated heterocycles. The average Bonchev–Trinajstić information content (AvgIpc) is 2.96. The Labute approximate surface area is 240 Å². The van der Waals surface area contributed by atoms with Gasteiger partial charge in [0, 0.05) is 43.7 Å². The normalized spacial score (nSPS) is 13.2. The van der Waals surface area contributed by atoms with Crippen LogP contribution in [0.2, 0.25) is 0 Å². The lowest BCUT2D eigenvalue weighted by Gasteiger charge is -2.36. The summed E-state index contributed by atoms with van der Waals surface area (Å²) in [6.07, 6.45) is 3.99. The number of carboxylic acid groups (broad SMARTS) is 2. The number of amides is 1. The SMILES string of the molecule is COc1ccccc1N1CCN(C/C=C/CNC(=O)c2cc(Br)cc(OC)c2OCCF)CC1.O=C(O)C(=O)O. The van der Waals surface area contributed by atoms with Crippen LogP contribution in [0.4, 0.5) is 10.1 Å². The van der Waals surface area contributed by atoms with Gasteiger partial charge in [-0.05, 0) is 24.3 Å². The van der Waals surface area contributed by atoms with Crippen LogP contribution >= 0.6 is 15.9 Å². The minimum atomic E-state index is -1.82. The van der Waals surface area contributed by atoms with Crippen molar-refractivity contribution in [3.8, 4) is 17.2 Å². The summed E-state index contributed by atoms with van der Waals surface area (Å²) in [5.74, 6) is -2.46. The number of para-hydroxylation sites is 2. The summed E-state index contributed by atoms with van der Waals surface area (Å²) in [7, 11) is 3.17. The molecule has 40 heavy (non-hydrogen) atoms. The van der Waals surface area contributed by atoms with Crippen molar-refractivity contribution in [2.75, 3.05) is 71.7 Å². The third kappa shape index (κ3) is 10.0. The van der Waals surface area contributed by atoms with E-state index in [0.717, 1.165) is 44.2 Å². The molecule has 1 amide bonds. The van der Waals surface area contributed by atoms with Gasteiger partial charge in [-0.3, -0.25) is 9.69 Å². The molecule has 0 atom stereocenters. The van der Waals surface area contributed by atoms with Crippen LogP contribution in [-0.2, 0) is 9.59 Å². The fourth-order valence-corrected chi connectivity index (χ4v) is 4.23. The Morgan fingerprint density at radius 1 is 1.00 bits per heavy atom. The third-order valence-electron chi connectivity index (χ3n) is 5.70. The number of hydrogen-bond donors (Lipinski definition) is 3. The minimum absolute atomic E-state index is 0.150. The molecular weight excluding hydrogens is 593 g/mol. The van der Waals surface area contributed by atoms with Gasteiger partial charge in [-0.2, -0.15) is 0 Å². The van der Waals surface area contributed by atoms with Crippen LogP contribution in [0.15, 0.2) is 53.0 Å². The molecule has 0 radical (unpaired) electrons. The highest BCUT2D eigenvalue weighted by molar-refractivity contribution is 9.10. The average molecular weight is 626 g/mol. The van der Waals surface area contributed by atoms with Crippen molar-refractivity contribution in [3.63, 3.8) is 0 Å². The van der Waals surface area contributed by atoms with Gasteiger partial charge in [0.1, 0.15) is 19.0 Å². The molecule has 1 heterocycles. The molecule has 0 aromatic heterocycles. The second kappa shape index (κ2) is 17.0. The molecule has 0 aliphatic carbocycles. The van der Waals surface area contributed by atoms with E-state index in [1.54, 1.807) is 19.2 Å². The Hall–Kier alpha value is -3.84. The van der Waals surface area contributed by atoms with E-state index < -0.39 is 18.6 Å². The van der Waals surface area contributed by atoms with Crippen LogP contribution in [0.5, 0.6) is 17.2 Å². The molecule has 0 saturated carbocycles. The van der Waals surface area contributed by atoms with Crippen LogP contribution in [0.1, 0.15) is 10.4 Å². The molecule has 0 spiro atoms. The Kier molecular flexibility index (Phi) is 13.7. The van der Waals surface area contributed by atoms with Crippen LogP contribution in [-0.4, -0.2) is 99.7 Å². The van der Waals surface area contributed by atoms with E-state index in [0.29, 0.717) is 22.3 Å². The molecule has 0 bridgehead atoms. The van der Waals surface area contributed by atoms with Crippen LogP contribution in [0, 0.1) is 0 Å². The highest BCUT2D eigenvalue weighted by Gasteiger charge is 2.20. The fraction of sp³-hybridized carbons (Fsp3) is 0.370. The molecular formula is C27H33BrFN3O8. The number of benzene rings is 2. The summed E-state index contributed by atoms with van der Waals surface area (Å²) in [6, 6.07) is 11.4. The monoisotopic (exact) mass is 625 g/mol. The zero-order valence-electron chi connectivity index (χ0n) is 22.3. The lowest BCUT2D eigenvalue weighted by molar-refractivity contribution is -0.159. The quantitative estimate of drug-likeness (QED) is 0.252. The predicted molar refractivity (Wildman–Crippen MR) is 151 cm³/mol. The number of carboxylic acids is 2. The Morgan fingerprint density at radius 3 is 2.25 bits per heavy atom. The van der Waals surface area contributed by atoms with E-state index in [2.05, 4.69) is 43.2 Å². The molecule has 13 heteroatoms. The van der Waals surface area contributed by atoms with E-state index in [-0.39, 0.29) is 18.3 Å². The zero-order valence-corrected chi connectivity index (χ0v) is 23.9. The first-order valence-electron chi connectivity index (χ1n) is 12.3. The third-order valence-corrected chi connectivity index (χ3v) is 6.16. The predicted octanol–water partition coefficient (Wildman–Crippen LogP) is 3.08. The maximum atomic E-state index is 12.7. The summed E-state index contributed by atoms with van der Waals surface area (Å²) in [6.45, 7) is 4.12. The van der Waals surface area contributed by atoms with Crippen LogP contribution in [0.3, 0.4) is 0 Å². The first-order valence-corrected chi connectivity index (χ1v) is 13.1. The van der Waals surface area contributed by atoms with E-state index in [4.69, 9.17) is 34.0 Å². The van der Waals surface area contributed by atoms with Gasteiger partial charge in [0.15, 0.2) is 11.5 Å². The largest absolute Gasteiger partial charge is 0.495 e. The highest BCUT2D eigenvalue weighted by atomic mass is 79.9. The zero-order chi connectivity index (χ0) is 29.5. The molecule has 3 N–H and O–H groups in total. The number of nitrogens with one attached hydrogen (secondary N) is 1. The summed E-state index contributed by atoms with van der Waals surface area (Å²) in [4.78, 5) is 35.6. The minimum Gasteiger partial charge on any atom is -0.495 e. The molecule has 0 unspecified atom stereocenters. The first kappa shape index (κ1) is 32.4. The number of aliphatic carboxylic acids is 2. The molecule has 11 nitrogen and oxygen atoms in total. The second-order valence-corrected chi connectivity index (χ2v) is 9.19. The Bertz CT molecular complexity index is 1160. The van der Waals surface area contributed by atoms with Crippen LogP contribution in [0.25, 0.3) is 0 Å². The van der Waals surface area contributed by atoms with Crippen molar-refractivity contribution in [1.82, 2.24) is 10.2 Å². The molecule has 1 aliphatic heterocycles. The summed E-state index contributed by atoms with van der Waals surface area (Å²) in [5.41, 5.74) is 1.42. The van der Waals surface area contributed by atoms with Gasteiger partial charge >= 0.3 is 11.9 Å². The first-order chi connectivity index (χ1) is 19.2. The molecule has 1 aliphatic rings. The van der Waals surface area contributed by atoms with E-state index in [1.807, 2.05) is 24.3 Å². The number of carbonyl (C=O) groups is 3. The van der Waals surface area contributed by atoms with Crippen molar-refractivity contribution in [2.45, 2.75) is 0 Å². The van der Waals surface area contributed by atoms with Gasteiger partial charge in [0.05, 0.1) is 25.5 Å². The number of halogens is 2. The summed E-state index contributed by atoms with van der Waals surface area (Å²) < 4.78 is 29.5. The van der Waals surface area contributed by atoms with Crippen molar-refractivity contribution >= 4 is 39.5 Å². The topological polar surface area (TPSA) is 138 Å². The van der Waals surface area contributed by atoms with E-state index >= 15 is 0 Å². The second-order valence-electron chi connectivity index (χ2n) is 8.27. The van der Waals surface area contributed by atoms with Gasteiger partial charge in [-0.25, -0.2) is 14.0 Å². The molecule has 1 fully saturated rings.